The lowest BCUT2D eigenvalue weighted by Crippen LogP contribution is -2.70. The Balaban J connectivity index is 1.20. The summed E-state index contributed by atoms with van der Waals surface area (Å²) in [5.74, 6) is 0.129. The zero-order chi connectivity index (χ0) is 27.4. The molecule has 1 saturated carbocycles. The molecule has 218 valence electrons. The number of halogens is 6. The molecule has 0 radical (unpaired) electrons. The van der Waals surface area contributed by atoms with Crippen molar-refractivity contribution >= 4 is 5.96 Å². The van der Waals surface area contributed by atoms with Crippen LogP contribution < -0.4 is 21.3 Å². The van der Waals surface area contributed by atoms with Gasteiger partial charge in [0.15, 0.2) is 5.96 Å². The van der Waals surface area contributed by atoms with E-state index >= 15 is 0 Å². The van der Waals surface area contributed by atoms with Crippen molar-refractivity contribution in [2.75, 3.05) is 40.3 Å². The number of rotatable bonds is 4. The van der Waals surface area contributed by atoms with Gasteiger partial charge in [-0.2, -0.15) is 26.3 Å². The van der Waals surface area contributed by atoms with Crippen LogP contribution in [0.3, 0.4) is 0 Å². The maximum atomic E-state index is 13.7. The summed E-state index contributed by atoms with van der Waals surface area (Å²) in [6.45, 7) is 1.42. The molecule has 4 heterocycles. The quantitative estimate of drug-likeness (QED) is 0.340. The van der Waals surface area contributed by atoms with E-state index in [1.807, 2.05) is 16.8 Å². The fraction of sp³-hybridized carbons (Fsp3) is 0.958. The molecular formula is C24H40F6N8. The smallest absolute Gasteiger partial charge is 0.338 e. The van der Waals surface area contributed by atoms with Gasteiger partial charge in [0.2, 0.25) is 0 Å². The van der Waals surface area contributed by atoms with E-state index in [0.29, 0.717) is 38.4 Å². The highest BCUT2D eigenvalue weighted by atomic mass is 19.4. The lowest BCUT2D eigenvalue weighted by molar-refractivity contribution is -0.177. The zero-order valence-electron chi connectivity index (χ0n) is 21.9. The predicted molar refractivity (Wildman–Crippen MR) is 130 cm³/mol. The SMILES string of the molecule is CN1CC(C(F)(F)F)NC1C1CCC(CN2C(=N)N(C)C3CNC(C4CCCNC4C(F)(F)F)NC32)CC1. The third-order valence-corrected chi connectivity index (χ3v) is 9.49. The first-order chi connectivity index (χ1) is 17.8. The first-order valence-corrected chi connectivity index (χ1v) is 13.7. The van der Waals surface area contributed by atoms with Crippen LogP contribution in [0.2, 0.25) is 0 Å². The van der Waals surface area contributed by atoms with E-state index in [-0.39, 0.29) is 36.8 Å². The number of nitrogens with one attached hydrogen (secondary N) is 5. The molecular weight excluding hydrogens is 514 g/mol. The Kier molecular flexibility index (Phi) is 7.84. The van der Waals surface area contributed by atoms with Crippen LogP contribution in [0.1, 0.15) is 38.5 Å². The third kappa shape index (κ3) is 5.48. The van der Waals surface area contributed by atoms with E-state index in [0.717, 1.165) is 25.7 Å². The first-order valence-electron chi connectivity index (χ1n) is 13.7. The Morgan fingerprint density at radius 1 is 0.895 bits per heavy atom. The first kappa shape index (κ1) is 28.2. The predicted octanol–water partition coefficient (Wildman–Crippen LogP) is 1.91. The number of nitrogens with zero attached hydrogens (tertiary/aromatic N) is 3. The highest BCUT2D eigenvalue weighted by Gasteiger charge is 2.53. The second-order valence-corrected chi connectivity index (χ2v) is 11.9. The summed E-state index contributed by atoms with van der Waals surface area (Å²) in [6.07, 6.45) is -5.19. The van der Waals surface area contributed by atoms with Crippen molar-refractivity contribution in [1.29, 1.82) is 5.41 Å². The monoisotopic (exact) mass is 554 g/mol. The van der Waals surface area contributed by atoms with Gasteiger partial charge in [0.05, 0.1) is 18.4 Å². The molecule has 0 amide bonds. The minimum Gasteiger partial charge on any atom is -0.338 e. The number of piperidine rings is 1. The van der Waals surface area contributed by atoms with Crippen molar-refractivity contribution in [1.82, 2.24) is 36.0 Å². The van der Waals surface area contributed by atoms with Gasteiger partial charge in [0, 0.05) is 32.6 Å². The maximum Gasteiger partial charge on any atom is 0.405 e. The van der Waals surface area contributed by atoms with Crippen molar-refractivity contribution in [3.05, 3.63) is 0 Å². The van der Waals surface area contributed by atoms with E-state index in [1.165, 1.54) is 0 Å². The van der Waals surface area contributed by atoms with Crippen molar-refractivity contribution < 1.29 is 26.3 Å². The Bertz CT molecular complexity index is 847. The summed E-state index contributed by atoms with van der Waals surface area (Å²) in [4.78, 5) is 5.63. The number of alkyl halides is 6. The summed E-state index contributed by atoms with van der Waals surface area (Å²) in [7, 11) is 3.58. The standard InChI is InChI=1S/C24H40F6N8/c1-36-12-17(23(25,26)27)34-20(36)14-7-5-13(6-8-14)11-38-21-16(37(2)22(38)31)10-33-19(35-21)15-4-3-9-32-18(15)24(28,29)30/h13-21,31-35H,3-12H2,1-2H3. The fourth-order valence-corrected chi connectivity index (χ4v) is 7.40. The van der Waals surface area contributed by atoms with Gasteiger partial charge in [0.1, 0.15) is 18.2 Å². The summed E-state index contributed by atoms with van der Waals surface area (Å²) in [6, 6.07) is -3.13. The molecule has 5 rings (SSSR count). The molecule has 0 bridgehead atoms. The summed E-state index contributed by atoms with van der Waals surface area (Å²) >= 11 is 0. The molecule has 38 heavy (non-hydrogen) atoms. The summed E-state index contributed by atoms with van der Waals surface area (Å²) < 4.78 is 80.8. The second-order valence-electron chi connectivity index (χ2n) is 11.9. The van der Waals surface area contributed by atoms with Crippen LogP contribution >= 0.6 is 0 Å². The summed E-state index contributed by atoms with van der Waals surface area (Å²) in [5, 5.41) is 20.9. The van der Waals surface area contributed by atoms with Gasteiger partial charge in [0.25, 0.3) is 0 Å². The Labute approximate surface area is 219 Å². The van der Waals surface area contributed by atoms with Crippen molar-refractivity contribution in [2.24, 2.45) is 17.8 Å². The largest absolute Gasteiger partial charge is 0.405 e. The lowest BCUT2D eigenvalue weighted by Gasteiger charge is -2.45. The highest BCUT2D eigenvalue weighted by molar-refractivity contribution is 5.80. The summed E-state index contributed by atoms with van der Waals surface area (Å²) in [5.41, 5.74) is 0. The van der Waals surface area contributed by atoms with E-state index in [9.17, 15) is 26.3 Å². The number of fused-ring (bicyclic) bond motifs is 1. The normalized spacial score (nSPS) is 41.6. The van der Waals surface area contributed by atoms with Crippen molar-refractivity contribution in [2.45, 2.75) is 87.5 Å². The van der Waals surface area contributed by atoms with Crippen LogP contribution in [0.25, 0.3) is 0 Å². The van der Waals surface area contributed by atoms with Crippen LogP contribution in [-0.4, -0.2) is 110 Å². The molecule has 5 N–H and O–H groups in total. The molecule has 0 aromatic carbocycles. The van der Waals surface area contributed by atoms with Crippen LogP contribution in [0.5, 0.6) is 0 Å². The molecule has 4 saturated heterocycles. The van der Waals surface area contributed by atoms with Crippen LogP contribution in [0.4, 0.5) is 26.3 Å². The number of hydrogen-bond donors (Lipinski definition) is 5. The third-order valence-electron chi connectivity index (χ3n) is 9.49. The average molecular weight is 555 g/mol. The Hall–Kier alpha value is -1.35. The molecule has 8 nitrogen and oxygen atoms in total. The zero-order valence-corrected chi connectivity index (χ0v) is 21.9. The Morgan fingerprint density at radius 3 is 2.24 bits per heavy atom. The second kappa shape index (κ2) is 10.6. The van der Waals surface area contributed by atoms with Crippen molar-refractivity contribution in [3.8, 4) is 0 Å². The van der Waals surface area contributed by atoms with Crippen LogP contribution in [0.15, 0.2) is 0 Å². The molecule has 14 heteroatoms. The molecule has 7 atom stereocenters. The van der Waals surface area contributed by atoms with E-state index in [4.69, 9.17) is 5.41 Å². The minimum absolute atomic E-state index is 0.0407. The maximum absolute atomic E-state index is 13.7. The van der Waals surface area contributed by atoms with E-state index < -0.39 is 36.5 Å². The van der Waals surface area contributed by atoms with E-state index in [2.05, 4.69) is 21.3 Å². The lowest BCUT2D eigenvalue weighted by atomic mass is 9.80. The van der Waals surface area contributed by atoms with Gasteiger partial charge in [-0.3, -0.25) is 26.3 Å². The van der Waals surface area contributed by atoms with E-state index in [1.54, 1.807) is 11.9 Å². The molecule has 5 aliphatic rings. The van der Waals surface area contributed by atoms with Crippen molar-refractivity contribution in [3.63, 3.8) is 0 Å². The van der Waals surface area contributed by atoms with Gasteiger partial charge in [-0.15, -0.1) is 0 Å². The van der Waals surface area contributed by atoms with Gasteiger partial charge in [-0.1, -0.05) is 0 Å². The van der Waals surface area contributed by atoms with Gasteiger partial charge >= 0.3 is 12.4 Å². The molecule has 4 aliphatic heterocycles. The van der Waals surface area contributed by atoms with Crippen LogP contribution in [-0.2, 0) is 0 Å². The topological polar surface area (TPSA) is 81.7 Å². The number of guanidine groups is 1. The number of likely N-dealkylation sites (N-methyl/N-ethyl adjacent to an activating group) is 2. The molecule has 1 aliphatic carbocycles. The van der Waals surface area contributed by atoms with Gasteiger partial charge in [-0.05, 0) is 64.0 Å². The molecule has 0 aromatic rings. The van der Waals surface area contributed by atoms with Gasteiger partial charge in [-0.25, -0.2) is 0 Å². The molecule has 5 fully saturated rings. The molecule has 0 spiro atoms. The minimum atomic E-state index is -4.33. The number of hydrogen-bond acceptors (Lipinski definition) is 6. The molecule has 0 aromatic heterocycles. The fourth-order valence-electron chi connectivity index (χ4n) is 7.40. The molecule has 7 unspecified atom stereocenters. The Morgan fingerprint density at radius 2 is 1.61 bits per heavy atom. The highest BCUT2D eigenvalue weighted by Crippen LogP contribution is 2.38. The van der Waals surface area contributed by atoms with Crippen LogP contribution in [0, 0.1) is 23.2 Å². The van der Waals surface area contributed by atoms with Gasteiger partial charge < -0.3 is 15.1 Å². The average Bonchev–Trinajstić information content (AvgIpc) is 3.37.